The minimum atomic E-state index is -0.0879. The van der Waals surface area contributed by atoms with Gasteiger partial charge in [0.25, 0.3) is 5.56 Å². The van der Waals surface area contributed by atoms with Crippen molar-refractivity contribution in [3.8, 4) is 0 Å². The van der Waals surface area contributed by atoms with Crippen molar-refractivity contribution in [2.24, 2.45) is 7.05 Å². The molecule has 0 aliphatic heterocycles. The van der Waals surface area contributed by atoms with Crippen molar-refractivity contribution >= 4 is 28.6 Å². The number of aryl methyl sites for hydroxylation is 1. The first-order chi connectivity index (χ1) is 13.6. The Hall–Kier alpha value is -2.60. The fourth-order valence-electron chi connectivity index (χ4n) is 3.86. The van der Waals surface area contributed by atoms with Crippen LogP contribution < -0.4 is 5.56 Å². The van der Waals surface area contributed by atoms with Gasteiger partial charge in [0.1, 0.15) is 0 Å². The molecule has 1 aliphatic carbocycles. The molecule has 1 heterocycles. The van der Waals surface area contributed by atoms with Crippen molar-refractivity contribution in [2.45, 2.75) is 30.5 Å². The average molecular weight is 394 g/mol. The molecule has 1 unspecified atom stereocenters. The van der Waals surface area contributed by atoms with Crippen LogP contribution in [0.25, 0.3) is 10.9 Å². The highest BCUT2D eigenvalue weighted by atomic mass is 32.2. The molecule has 3 aromatic rings. The summed E-state index contributed by atoms with van der Waals surface area (Å²) in [6, 6.07) is 15.8. The topological polar surface area (TPSA) is 55.2 Å². The Morgan fingerprint density at radius 2 is 1.96 bits per heavy atom. The number of benzene rings is 2. The summed E-state index contributed by atoms with van der Waals surface area (Å²) in [6.07, 6.45) is 3.15. The van der Waals surface area contributed by atoms with Crippen LogP contribution in [-0.2, 0) is 18.3 Å². The molecule has 0 radical (unpaired) electrons. The molecule has 0 spiro atoms. The van der Waals surface area contributed by atoms with Crippen molar-refractivity contribution < 1.29 is 4.79 Å². The second-order valence-electron chi connectivity index (χ2n) is 7.18. The van der Waals surface area contributed by atoms with E-state index in [1.54, 1.807) is 13.1 Å². The number of rotatable bonds is 4. The van der Waals surface area contributed by atoms with E-state index in [1.165, 1.54) is 27.5 Å². The minimum Gasteiger partial charge on any atom is -0.338 e. The van der Waals surface area contributed by atoms with Crippen LogP contribution in [0.15, 0.2) is 58.5 Å². The molecule has 6 heteroatoms. The van der Waals surface area contributed by atoms with E-state index in [0.717, 1.165) is 19.3 Å². The number of carbonyl (C=O) groups excluding carboxylic acids is 1. The van der Waals surface area contributed by atoms with Crippen molar-refractivity contribution in [2.75, 3.05) is 12.8 Å². The summed E-state index contributed by atoms with van der Waals surface area (Å²) in [5, 5.41) is 1.16. The summed E-state index contributed by atoms with van der Waals surface area (Å²) >= 11 is 1.32. The van der Waals surface area contributed by atoms with Gasteiger partial charge in [0.15, 0.2) is 5.16 Å². The van der Waals surface area contributed by atoms with Gasteiger partial charge in [0, 0.05) is 14.1 Å². The SMILES string of the molecule is CN(C(=O)CSc1nc2ccccc2c(=O)n1C)C1CCCc2ccccc21. The van der Waals surface area contributed by atoms with Crippen LogP contribution in [0.5, 0.6) is 0 Å². The first-order valence-electron chi connectivity index (χ1n) is 9.48. The Kier molecular flexibility index (Phi) is 5.22. The fraction of sp³-hybridized carbons (Fsp3) is 0.318. The first-order valence-corrected chi connectivity index (χ1v) is 10.5. The molecule has 144 valence electrons. The number of thioether (sulfide) groups is 1. The highest BCUT2D eigenvalue weighted by molar-refractivity contribution is 7.99. The number of amides is 1. The van der Waals surface area contributed by atoms with Crippen LogP contribution in [0.3, 0.4) is 0 Å². The largest absolute Gasteiger partial charge is 0.338 e. The number of hydrogen-bond acceptors (Lipinski definition) is 4. The van der Waals surface area contributed by atoms with Crippen molar-refractivity contribution in [1.29, 1.82) is 0 Å². The summed E-state index contributed by atoms with van der Waals surface area (Å²) in [7, 11) is 3.58. The maximum absolute atomic E-state index is 12.9. The van der Waals surface area contributed by atoms with Gasteiger partial charge < -0.3 is 4.90 Å². The monoisotopic (exact) mass is 393 g/mol. The molecular formula is C22H23N3O2S. The summed E-state index contributed by atoms with van der Waals surface area (Å²) in [4.78, 5) is 31.8. The molecular weight excluding hydrogens is 370 g/mol. The van der Waals surface area contributed by atoms with Crippen molar-refractivity contribution in [3.63, 3.8) is 0 Å². The molecule has 0 saturated carbocycles. The number of hydrogen-bond donors (Lipinski definition) is 0. The number of nitrogens with zero attached hydrogens (tertiary/aromatic N) is 3. The number of fused-ring (bicyclic) bond motifs is 2. The quantitative estimate of drug-likeness (QED) is 0.502. The van der Waals surface area contributed by atoms with Crippen LogP contribution in [0.2, 0.25) is 0 Å². The molecule has 0 N–H and O–H groups in total. The standard InChI is InChI=1S/C22H23N3O2S/c1-24(19-13-7-9-15-8-3-4-10-16(15)19)20(26)14-28-22-23-18-12-6-5-11-17(18)21(27)25(22)2/h3-6,8,10-12,19H,7,9,13-14H2,1-2H3. The van der Waals surface area contributed by atoms with E-state index in [2.05, 4.69) is 23.2 Å². The molecule has 1 aliphatic rings. The fourth-order valence-corrected chi connectivity index (χ4v) is 4.75. The van der Waals surface area contributed by atoms with E-state index in [-0.39, 0.29) is 23.3 Å². The van der Waals surface area contributed by atoms with Gasteiger partial charge in [-0.1, -0.05) is 48.2 Å². The van der Waals surface area contributed by atoms with Crippen LogP contribution in [0.4, 0.5) is 0 Å². The van der Waals surface area contributed by atoms with Crippen LogP contribution in [0.1, 0.15) is 30.0 Å². The molecule has 1 atom stereocenters. The Balaban J connectivity index is 1.52. The molecule has 5 nitrogen and oxygen atoms in total. The molecule has 28 heavy (non-hydrogen) atoms. The van der Waals surface area contributed by atoms with Gasteiger partial charge in [-0.25, -0.2) is 4.98 Å². The second-order valence-corrected chi connectivity index (χ2v) is 8.12. The lowest BCUT2D eigenvalue weighted by molar-refractivity contribution is -0.129. The number of aromatic nitrogens is 2. The van der Waals surface area contributed by atoms with E-state index in [4.69, 9.17) is 0 Å². The molecule has 4 rings (SSSR count). The summed E-state index contributed by atoms with van der Waals surface area (Å²) in [6.45, 7) is 0. The maximum atomic E-state index is 12.9. The van der Waals surface area contributed by atoms with Crippen molar-refractivity contribution in [1.82, 2.24) is 14.5 Å². The van der Waals surface area contributed by atoms with Gasteiger partial charge >= 0.3 is 0 Å². The zero-order valence-electron chi connectivity index (χ0n) is 16.1. The van der Waals surface area contributed by atoms with Crippen LogP contribution in [0, 0.1) is 0 Å². The van der Waals surface area contributed by atoms with Gasteiger partial charge in [-0.05, 0) is 42.5 Å². The first kappa shape index (κ1) is 18.7. The second kappa shape index (κ2) is 7.80. The molecule has 0 fully saturated rings. The van der Waals surface area contributed by atoms with E-state index in [9.17, 15) is 9.59 Å². The molecule has 0 bridgehead atoms. The van der Waals surface area contributed by atoms with Crippen molar-refractivity contribution in [3.05, 3.63) is 70.0 Å². The summed E-state index contributed by atoms with van der Waals surface area (Å²) < 4.78 is 1.52. The van der Waals surface area contributed by atoms with E-state index in [0.29, 0.717) is 16.1 Å². The van der Waals surface area contributed by atoms with Crippen LogP contribution in [-0.4, -0.2) is 33.2 Å². The highest BCUT2D eigenvalue weighted by Gasteiger charge is 2.26. The highest BCUT2D eigenvalue weighted by Crippen LogP contribution is 2.33. The zero-order valence-corrected chi connectivity index (χ0v) is 16.9. The Morgan fingerprint density at radius 3 is 2.82 bits per heavy atom. The molecule has 1 aromatic heterocycles. The van der Waals surface area contributed by atoms with E-state index < -0.39 is 0 Å². The molecule has 1 amide bonds. The molecule has 2 aromatic carbocycles. The normalized spacial score (nSPS) is 16.0. The Morgan fingerprint density at radius 1 is 1.21 bits per heavy atom. The van der Waals surface area contributed by atoms with Crippen LogP contribution >= 0.6 is 11.8 Å². The third-order valence-electron chi connectivity index (χ3n) is 5.47. The maximum Gasteiger partial charge on any atom is 0.261 e. The van der Waals surface area contributed by atoms with E-state index in [1.807, 2.05) is 36.2 Å². The van der Waals surface area contributed by atoms with Gasteiger partial charge in [-0.15, -0.1) is 0 Å². The smallest absolute Gasteiger partial charge is 0.261 e. The Bertz CT molecular complexity index is 1090. The lowest BCUT2D eigenvalue weighted by Crippen LogP contribution is -2.34. The molecule has 0 saturated heterocycles. The lowest BCUT2D eigenvalue weighted by atomic mass is 9.87. The van der Waals surface area contributed by atoms with Gasteiger partial charge in [0.05, 0.1) is 22.7 Å². The van der Waals surface area contributed by atoms with Gasteiger partial charge in [0.2, 0.25) is 5.91 Å². The summed E-state index contributed by atoms with van der Waals surface area (Å²) in [5.41, 5.74) is 3.17. The summed E-state index contributed by atoms with van der Waals surface area (Å²) in [5.74, 6) is 0.308. The number of carbonyl (C=O) groups is 1. The van der Waals surface area contributed by atoms with Gasteiger partial charge in [-0.2, -0.15) is 0 Å². The van der Waals surface area contributed by atoms with E-state index >= 15 is 0 Å². The predicted molar refractivity (Wildman–Crippen MR) is 113 cm³/mol. The van der Waals surface area contributed by atoms with Gasteiger partial charge in [-0.3, -0.25) is 14.2 Å². The zero-order chi connectivity index (χ0) is 19.7. The Labute approximate surface area is 168 Å². The average Bonchev–Trinajstić information content (AvgIpc) is 2.74. The predicted octanol–water partition coefficient (Wildman–Crippen LogP) is 3.56. The minimum absolute atomic E-state index is 0.0501. The third kappa shape index (κ3) is 3.44. The third-order valence-corrected chi connectivity index (χ3v) is 6.48. The number of para-hydroxylation sites is 1. The lowest BCUT2D eigenvalue weighted by Gasteiger charge is -2.33.